The first-order valence-electron chi connectivity index (χ1n) is 19.4. The van der Waals surface area contributed by atoms with E-state index in [4.69, 9.17) is 4.42 Å². The lowest BCUT2D eigenvalue weighted by Crippen LogP contribution is -2.10. The van der Waals surface area contributed by atoms with Crippen molar-refractivity contribution in [1.82, 2.24) is 4.57 Å². The van der Waals surface area contributed by atoms with Crippen LogP contribution < -0.4 is 4.90 Å². The van der Waals surface area contributed by atoms with Gasteiger partial charge in [0.25, 0.3) is 0 Å². The Hall–Kier alpha value is -7.62. The van der Waals surface area contributed by atoms with Gasteiger partial charge in [0.2, 0.25) is 0 Å². The van der Waals surface area contributed by atoms with E-state index in [1.54, 1.807) is 0 Å². The third-order valence-corrected chi connectivity index (χ3v) is 11.2. The first-order chi connectivity index (χ1) is 28.3. The molecule has 268 valence electrons. The molecule has 0 saturated carbocycles. The summed E-state index contributed by atoms with van der Waals surface area (Å²) in [7, 11) is 0. The van der Waals surface area contributed by atoms with Crippen molar-refractivity contribution in [3.8, 4) is 39.1 Å². The number of fused-ring (bicyclic) bond motifs is 6. The van der Waals surface area contributed by atoms with Crippen molar-refractivity contribution in [2.24, 2.45) is 0 Å². The van der Waals surface area contributed by atoms with Gasteiger partial charge in [-0.15, -0.1) is 0 Å². The monoisotopic (exact) mass is 728 g/mol. The van der Waals surface area contributed by atoms with Crippen LogP contribution in [0.1, 0.15) is 0 Å². The number of hydrogen-bond acceptors (Lipinski definition) is 2. The molecule has 11 aromatic rings. The van der Waals surface area contributed by atoms with E-state index < -0.39 is 0 Å². The summed E-state index contributed by atoms with van der Waals surface area (Å²) in [6.45, 7) is 0. The van der Waals surface area contributed by atoms with Gasteiger partial charge in [-0.2, -0.15) is 0 Å². The summed E-state index contributed by atoms with van der Waals surface area (Å²) in [5.74, 6) is 0. The van der Waals surface area contributed by atoms with Crippen molar-refractivity contribution in [3.05, 3.63) is 218 Å². The zero-order valence-corrected chi connectivity index (χ0v) is 31.1. The van der Waals surface area contributed by atoms with Gasteiger partial charge in [-0.25, -0.2) is 0 Å². The van der Waals surface area contributed by atoms with Crippen LogP contribution in [-0.2, 0) is 0 Å². The Morgan fingerprint density at radius 1 is 0.333 bits per heavy atom. The van der Waals surface area contributed by atoms with Crippen LogP contribution in [0.3, 0.4) is 0 Å². The SMILES string of the molecule is c1ccc(-c2ccc(N(c3ccccc3)c3ccc4c5c(-c6ccccc6)c6c(cc5n(-c5ccc(-c7ccccc7)cc5)c4c3)oc3ccccc36)cc2)cc1. The number of para-hydroxylation sites is 2. The molecular weight excluding hydrogens is 693 g/mol. The van der Waals surface area contributed by atoms with Crippen molar-refractivity contribution in [2.75, 3.05) is 4.90 Å². The maximum absolute atomic E-state index is 6.68. The molecule has 0 saturated heterocycles. The molecule has 0 fully saturated rings. The van der Waals surface area contributed by atoms with Crippen LogP contribution in [0, 0.1) is 0 Å². The third-order valence-electron chi connectivity index (χ3n) is 11.2. The van der Waals surface area contributed by atoms with Crippen molar-refractivity contribution < 1.29 is 4.42 Å². The van der Waals surface area contributed by atoms with Crippen LogP contribution in [0.2, 0.25) is 0 Å². The molecule has 0 aliphatic heterocycles. The van der Waals surface area contributed by atoms with Crippen molar-refractivity contribution >= 4 is 60.8 Å². The lowest BCUT2D eigenvalue weighted by molar-refractivity contribution is 0.669. The fourth-order valence-corrected chi connectivity index (χ4v) is 8.57. The number of aromatic nitrogens is 1. The Balaban J connectivity index is 1.20. The summed E-state index contributed by atoms with van der Waals surface area (Å²) >= 11 is 0. The highest BCUT2D eigenvalue weighted by Crippen LogP contribution is 2.47. The van der Waals surface area contributed by atoms with Gasteiger partial charge in [-0.1, -0.05) is 158 Å². The Morgan fingerprint density at radius 3 is 1.49 bits per heavy atom. The number of anilines is 3. The number of benzene rings is 9. The molecule has 0 bridgehead atoms. The van der Waals surface area contributed by atoms with E-state index >= 15 is 0 Å². The summed E-state index contributed by atoms with van der Waals surface area (Å²) in [6.07, 6.45) is 0. The standard InChI is InChI=1S/C54H36N2O/c1-5-15-37(16-6-1)39-25-29-43(30-26-39)55(42-21-11-4-12-22-42)45-33-34-46-48(35-45)56(44-31-27-40(28-32-44)38-17-7-2-8-18-38)49-36-51-54(47-23-13-14-24-50(47)57-51)52(53(46)49)41-19-9-3-10-20-41/h1-36H. The average molecular weight is 729 g/mol. The highest BCUT2D eigenvalue weighted by molar-refractivity contribution is 6.27. The van der Waals surface area contributed by atoms with Gasteiger partial charge in [-0.05, 0) is 82.4 Å². The fourth-order valence-electron chi connectivity index (χ4n) is 8.57. The molecule has 3 heteroatoms. The van der Waals surface area contributed by atoms with Crippen LogP contribution in [0.15, 0.2) is 223 Å². The molecule has 3 nitrogen and oxygen atoms in total. The second-order valence-corrected chi connectivity index (χ2v) is 14.5. The molecule has 0 aliphatic carbocycles. The molecule has 0 unspecified atom stereocenters. The van der Waals surface area contributed by atoms with Crippen LogP contribution in [0.25, 0.3) is 82.8 Å². The maximum Gasteiger partial charge on any atom is 0.138 e. The molecule has 57 heavy (non-hydrogen) atoms. The van der Waals surface area contributed by atoms with Gasteiger partial charge >= 0.3 is 0 Å². The zero-order chi connectivity index (χ0) is 37.7. The lowest BCUT2D eigenvalue weighted by atomic mass is 9.94. The maximum atomic E-state index is 6.68. The zero-order valence-electron chi connectivity index (χ0n) is 31.1. The van der Waals surface area contributed by atoms with E-state index in [0.717, 1.165) is 61.3 Å². The molecule has 0 radical (unpaired) electrons. The number of rotatable bonds is 7. The second-order valence-electron chi connectivity index (χ2n) is 14.5. The van der Waals surface area contributed by atoms with Crippen molar-refractivity contribution in [1.29, 1.82) is 0 Å². The summed E-state index contributed by atoms with van der Waals surface area (Å²) < 4.78 is 9.10. The highest BCUT2D eigenvalue weighted by Gasteiger charge is 2.24. The molecule has 2 heterocycles. The Labute approximate surface area is 330 Å². The van der Waals surface area contributed by atoms with Gasteiger partial charge < -0.3 is 13.9 Å². The molecule has 2 aromatic heterocycles. The normalized spacial score (nSPS) is 11.5. The minimum Gasteiger partial charge on any atom is -0.456 e. The summed E-state index contributed by atoms with van der Waals surface area (Å²) in [6, 6.07) is 78.0. The number of hydrogen-bond donors (Lipinski definition) is 0. The Morgan fingerprint density at radius 2 is 0.842 bits per heavy atom. The molecule has 0 atom stereocenters. The summed E-state index contributed by atoms with van der Waals surface area (Å²) in [5.41, 5.74) is 15.4. The van der Waals surface area contributed by atoms with Gasteiger partial charge in [0.1, 0.15) is 11.2 Å². The van der Waals surface area contributed by atoms with Gasteiger partial charge in [0.05, 0.1) is 11.0 Å². The minimum absolute atomic E-state index is 0.872. The Kier molecular flexibility index (Phi) is 7.82. The number of nitrogens with zero attached hydrogens (tertiary/aromatic N) is 2. The second kappa shape index (κ2) is 13.6. The van der Waals surface area contributed by atoms with Crippen molar-refractivity contribution in [2.45, 2.75) is 0 Å². The van der Waals surface area contributed by atoms with E-state index in [1.165, 1.54) is 38.6 Å². The Bertz CT molecular complexity index is 3180. The minimum atomic E-state index is 0.872. The van der Waals surface area contributed by atoms with Gasteiger partial charge in [0.15, 0.2) is 0 Å². The molecule has 11 rings (SSSR count). The highest BCUT2D eigenvalue weighted by atomic mass is 16.3. The quantitative estimate of drug-likeness (QED) is 0.163. The smallest absolute Gasteiger partial charge is 0.138 e. The van der Waals surface area contributed by atoms with Gasteiger partial charge in [-0.3, -0.25) is 0 Å². The fraction of sp³-hybridized carbons (Fsp3) is 0. The lowest BCUT2D eigenvalue weighted by Gasteiger charge is -2.26. The van der Waals surface area contributed by atoms with E-state index in [9.17, 15) is 0 Å². The molecule has 0 amide bonds. The molecule has 9 aromatic carbocycles. The van der Waals surface area contributed by atoms with Crippen molar-refractivity contribution in [3.63, 3.8) is 0 Å². The molecule has 0 spiro atoms. The van der Waals surface area contributed by atoms with E-state index in [0.29, 0.717) is 0 Å². The van der Waals surface area contributed by atoms with Crippen LogP contribution in [0.5, 0.6) is 0 Å². The van der Waals surface area contributed by atoms with Crippen LogP contribution >= 0.6 is 0 Å². The summed E-state index contributed by atoms with van der Waals surface area (Å²) in [5, 5.41) is 4.63. The molecular formula is C54H36N2O. The topological polar surface area (TPSA) is 21.3 Å². The largest absolute Gasteiger partial charge is 0.456 e. The van der Waals surface area contributed by atoms with Gasteiger partial charge in [0, 0.05) is 55.9 Å². The molecule has 0 aliphatic rings. The van der Waals surface area contributed by atoms with E-state index in [-0.39, 0.29) is 0 Å². The number of furan rings is 1. The first kappa shape index (κ1) is 32.8. The first-order valence-corrected chi connectivity index (χ1v) is 19.4. The summed E-state index contributed by atoms with van der Waals surface area (Å²) in [4.78, 5) is 2.35. The third kappa shape index (κ3) is 5.60. The predicted octanol–water partition coefficient (Wildman–Crippen LogP) is 15.2. The molecule has 0 N–H and O–H groups in total. The average Bonchev–Trinajstić information content (AvgIpc) is 3.82. The van der Waals surface area contributed by atoms with Crippen LogP contribution in [0.4, 0.5) is 17.1 Å². The predicted molar refractivity (Wildman–Crippen MR) is 239 cm³/mol. The van der Waals surface area contributed by atoms with Crippen LogP contribution in [-0.4, -0.2) is 4.57 Å². The van der Waals surface area contributed by atoms with E-state index in [2.05, 4.69) is 222 Å². The van der Waals surface area contributed by atoms with E-state index in [1.807, 2.05) is 6.07 Å².